The Morgan fingerprint density at radius 3 is 0.607 bits per heavy atom. The molecule has 0 N–H and O–H groups in total. The molecular formula is C28H40. The molecule has 0 bridgehead atoms. The molecule has 0 radical (unpaired) electrons. The fourth-order valence-corrected chi connectivity index (χ4v) is 3.40. The second kappa shape index (κ2) is 21.5. The van der Waals surface area contributed by atoms with Gasteiger partial charge in [0.15, 0.2) is 0 Å². The van der Waals surface area contributed by atoms with Crippen LogP contribution in [0, 0.1) is 47.4 Å². The summed E-state index contributed by atoms with van der Waals surface area (Å²) in [6.07, 6.45) is 25.1. The molecule has 1 aliphatic carbocycles. The summed E-state index contributed by atoms with van der Waals surface area (Å²) in [6.45, 7) is 0. The molecule has 0 aromatic rings. The molecule has 0 aliphatic heterocycles. The van der Waals surface area contributed by atoms with Crippen LogP contribution >= 0.6 is 0 Å². The van der Waals surface area contributed by atoms with Gasteiger partial charge in [0.05, 0.1) is 0 Å². The van der Waals surface area contributed by atoms with E-state index in [4.69, 9.17) is 0 Å². The lowest BCUT2D eigenvalue weighted by Crippen LogP contribution is -1.81. The van der Waals surface area contributed by atoms with Crippen molar-refractivity contribution in [3.8, 4) is 47.4 Å². The van der Waals surface area contributed by atoms with E-state index in [-0.39, 0.29) is 0 Å². The lowest BCUT2D eigenvalue weighted by molar-refractivity contribution is 0.573. The van der Waals surface area contributed by atoms with E-state index in [0.717, 1.165) is 25.7 Å². The van der Waals surface area contributed by atoms with Crippen molar-refractivity contribution in [3.63, 3.8) is 0 Å². The zero-order chi connectivity index (χ0) is 19.8. The molecule has 0 heterocycles. The normalized spacial score (nSPS) is 19.4. The van der Waals surface area contributed by atoms with Gasteiger partial charge in [-0.1, -0.05) is 101 Å². The molecule has 28 heavy (non-hydrogen) atoms. The molecule has 0 saturated heterocycles. The summed E-state index contributed by atoms with van der Waals surface area (Å²) < 4.78 is 0. The minimum atomic E-state index is 1.01. The van der Waals surface area contributed by atoms with E-state index in [1.54, 1.807) is 0 Å². The van der Waals surface area contributed by atoms with Crippen LogP contribution in [0.4, 0.5) is 0 Å². The highest BCUT2D eigenvalue weighted by Crippen LogP contribution is 2.11. The molecule has 0 amide bonds. The molecule has 0 saturated carbocycles. The Balaban J connectivity index is 2.21. The van der Waals surface area contributed by atoms with Crippen LogP contribution in [-0.4, -0.2) is 0 Å². The highest BCUT2D eigenvalue weighted by Gasteiger charge is 1.92. The lowest BCUT2D eigenvalue weighted by atomic mass is 10.1. The quantitative estimate of drug-likeness (QED) is 0.378. The van der Waals surface area contributed by atoms with Gasteiger partial charge in [-0.15, -0.1) is 0 Å². The molecule has 1 aliphatic rings. The van der Waals surface area contributed by atoms with Crippen LogP contribution in [0.3, 0.4) is 0 Å². The monoisotopic (exact) mass is 376 g/mol. The van der Waals surface area contributed by atoms with Crippen molar-refractivity contribution >= 4 is 0 Å². The molecule has 0 unspecified atom stereocenters. The third-order valence-corrected chi connectivity index (χ3v) is 5.19. The predicted molar refractivity (Wildman–Crippen MR) is 123 cm³/mol. The van der Waals surface area contributed by atoms with Crippen LogP contribution in [0.25, 0.3) is 0 Å². The Kier molecular flexibility index (Phi) is 18.7. The van der Waals surface area contributed by atoms with Crippen molar-refractivity contribution < 1.29 is 0 Å². The van der Waals surface area contributed by atoms with E-state index in [1.165, 1.54) is 103 Å². The topological polar surface area (TPSA) is 0 Å². The van der Waals surface area contributed by atoms with Crippen molar-refractivity contribution in [2.75, 3.05) is 0 Å². The summed E-state index contributed by atoms with van der Waals surface area (Å²) in [7, 11) is 0. The van der Waals surface area contributed by atoms with Gasteiger partial charge in [-0.2, -0.15) is 0 Å². The molecule has 152 valence electrons. The predicted octanol–water partition coefficient (Wildman–Crippen LogP) is 7.82. The van der Waals surface area contributed by atoms with Gasteiger partial charge in [0, 0.05) is 25.7 Å². The van der Waals surface area contributed by atoms with E-state index < -0.39 is 0 Å². The highest BCUT2D eigenvalue weighted by atomic mass is 14.0. The number of rotatable bonds is 0. The second-order valence-electron chi connectivity index (χ2n) is 7.86. The van der Waals surface area contributed by atoms with Gasteiger partial charge < -0.3 is 0 Å². The third kappa shape index (κ3) is 19.0. The summed E-state index contributed by atoms with van der Waals surface area (Å²) in [6, 6.07) is 0. The minimum absolute atomic E-state index is 1.01. The van der Waals surface area contributed by atoms with Crippen molar-refractivity contribution in [2.24, 2.45) is 0 Å². The number of hydrogen-bond acceptors (Lipinski definition) is 0. The van der Waals surface area contributed by atoms with Crippen molar-refractivity contribution in [1.82, 2.24) is 0 Å². The molecule has 0 aromatic carbocycles. The Bertz CT molecular complexity index is 481. The molecule has 0 heteroatoms. The van der Waals surface area contributed by atoms with Crippen LogP contribution < -0.4 is 0 Å². The largest absolute Gasteiger partial charge is 0.0891 e. The van der Waals surface area contributed by atoms with Crippen LogP contribution in [0.2, 0.25) is 0 Å². The van der Waals surface area contributed by atoms with E-state index in [9.17, 15) is 0 Å². The maximum atomic E-state index is 3.21. The van der Waals surface area contributed by atoms with E-state index in [2.05, 4.69) is 47.4 Å². The summed E-state index contributed by atoms with van der Waals surface area (Å²) >= 11 is 0. The van der Waals surface area contributed by atoms with Gasteiger partial charge in [0.25, 0.3) is 0 Å². The van der Waals surface area contributed by atoms with E-state index >= 15 is 0 Å². The van der Waals surface area contributed by atoms with E-state index in [1.807, 2.05) is 0 Å². The van der Waals surface area contributed by atoms with E-state index in [0.29, 0.717) is 0 Å². The zero-order valence-electron chi connectivity index (χ0n) is 18.1. The average molecular weight is 377 g/mol. The van der Waals surface area contributed by atoms with Crippen LogP contribution in [-0.2, 0) is 0 Å². The maximum absolute atomic E-state index is 3.21. The first kappa shape index (κ1) is 24.3. The lowest BCUT2D eigenvalue weighted by Gasteiger charge is -2.00. The Morgan fingerprint density at radius 2 is 0.393 bits per heavy atom. The summed E-state index contributed by atoms with van der Waals surface area (Å²) in [5.41, 5.74) is 0. The first-order chi connectivity index (χ1) is 14.0. The van der Waals surface area contributed by atoms with Gasteiger partial charge in [-0.05, 0) is 49.4 Å². The maximum Gasteiger partial charge on any atom is 0.00989 e. The first-order valence-electron chi connectivity index (χ1n) is 11.9. The average Bonchev–Trinajstić information content (AvgIpc) is 2.71. The molecule has 0 fully saturated rings. The summed E-state index contributed by atoms with van der Waals surface area (Å²) in [5, 5.41) is 0. The fraction of sp³-hybridized carbons (Fsp3) is 0.714. The Morgan fingerprint density at radius 1 is 0.214 bits per heavy atom. The molecular weight excluding hydrogens is 336 g/mol. The van der Waals surface area contributed by atoms with Crippen molar-refractivity contribution in [2.45, 2.75) is 128 Å². The van der Waals surface area contributed by atoms with Gasteiger partial charge in [-0.25, -0.2) is 0 Å². The summed E-state index contributed by atoms with van der Waals surface area (Å²) in [4.78, 5) is 0. The Labute approximate surface area is 176 Å². The second-order valence-corrected chi connectivity index (χ2v) is 7.86. The Hall–Kier alpha value is -1.76. The molecule has 0 atom stereocenters. The minimum Gasteiger partial charge on any atom is -0.0891 e. The van der Waals surface area contributed by atoms with Gasteiger partial charge in [0.2, 0.25) is 0 Å². The van der Waals surface area contributed by atoms with Gasteiger partial charge in [0.1, 0.15) is 0 Å². The van der Waals surface area contributed by atoms with Crippen molar-refractivity contribution in [1.29, 1.82) is 0 Å². The zero-order valence-corrected chi connectivity index (χ0v) is 18.1. The molecule has 0 aromatic heterocycles. The smallest absolute Gasteiger partial charge is 0.00989 e. The van der Waals surface area contributed by atoms with Crippen LogP contribution in [0.15, 0.2) is 0 Å². The van der Waals surface area contributed by atoms with Crippen molar-refractivity contribution in [3.05, 3.63) is 0 Å². The fourth-order valence-electron chi connectivity index (χ4n) is 3.40. The third-order valence-electron chi connectivity index (χ3n) is 5.19. The van der Waals surface area contributed by atoms with Crippen LogP contribution in [0.1, 0.15) is 128 Å². The molecule has 0 spiro atoms. The van der Waals surface area contributed by atoms with Gasteiger partial charge >= 0.3 is 0 Å². The van der Waals surface area contributed by atoms with Crippen LogP contribution in [0.5, 0.6) is 0 Å². The highest BCUT2D eigenvalue weighted by molar-refractivity contribution is 5.26. The molecule has 0 nitrogen and oxygen atoms in total. The molecule has 1 rings (SSSR count). The number of hydrogen-bond donors (Lipinski definition) is 0. The summed E-state index contributed by atoms with van der Waals surface area (Å²) in [5.74, 6) is 24.9. The van der Waals surface area contributed by atoms with Gasteiger partial charge in [-0.3, -0.25) is 0 Å². The first-order valence-corrected chi connectivity index (χ1v) is 11.9. The standard InChI is InChI=1S/C28H40/c1-2-4-6-8-10-12-14-16-18-20-22-24-26-28-27-25-23-21-19-17-15-13-11-9-7-5-3-1/h1-10,19-28H2. The SMILES string of the molecule is C1#CCCCCCCCCCCC#CC#CCCCCCCCCCCC#C1.